The molecule has 0 radical (unpaired) electrons. The highest BCUT2D eigenvalue weighted by atomic mass is 35.5. The zero-order chi connectivity index (χ0) is 16.9. The first-order chi connectivity index (χ1) is 10.9. The van der Waals surface area contributed by atoms with Gasteiger partial charge < -0.3 is 10.1 Å². The molecule has 0 spiro atoms. The third-order valence-corrected chi connectivity index (χ3v) is 5.29. The van der Waals surface area contributed by atoms with Crippen LogP contribution in [-0.2, 0) is 14.8 Å². The maximum atomic E-state index is 11.1. The Morgan fingerprint density at radius 1 is 1.33 bits per heavy atom. The number of rotatable bonds is 6. The van der Waals surface area contributed by atoms with Crippen molar-refractivity contribution in [1.29, 1.82) is 0 Å². The molecule has 9 heteroatoms. The number of ether oxygens (including phenoxy) is 1. The van der Waals surface area contributed by atoms with Crippen molar-refractivity contribution in [2.45, 2.75) is 24.9 Å². The Kier molecular flexibility index (Phi) is 9.30. The molecule has 138 valence electrons. The minimum absolute atomic E-state index is 0. The predicted molar refractivity (Wildman–Crippen MR) is 101 cm³/mol. The first-order valence-electron chi connectivity index (χ1n) is 7.59. The maximum Gasteiger partial charge on any atom is 0.208 e. The highest BCUT2D eigenvalue weighted by Gasteiger charge is 2.26. The van der Waals surface area contributed by atoms with E-state index in [1.54, 1.807) is 6.07 Å². The Morgan fingerprint density at radius 2 is 2.08 bits per heavy atom. The summed E-state index contributed by atoms with van der Waals surface area (Å²) in [6.45, 7) is 2.65. The van der Waals surface area contributed by atoms with Gasteiger partial charge in [-0.2, -0.15) is 0 Å². The van der Waals surface area contributed by atoms with Crippen LogP contribution in [-0.4, -0.2) is 47.0 Å². The van der Waals surface area contributed by atoms with Gasteiger partial charge in [-0.15, -0.1) is 12.4 Å². The van der Waals surface area contributed by atoms with Gasteiger partial charge in [-0.3, -0.25) is 0 Å². The summed E-state index contributed by atoms with van der Waals surface area (Å²) >= 11 is 12.1. The van der Waals surface area contributed by atoms with Gasteiger partial charge in [-0.1, -0.05) is 29.3 Å². The van der Waals surface area contributed by atoms with Crippen molar-refractivity contribution < 1.29 is 13.2 Å². The minimum atomic E-state index is -3.15. The summed E-state index contributed by atoms with van der Waals surface area (Å²) in [6.07, 6.45) is 2.67. The van der Waals surface area contributed by atoms with Crippen molar-refractivity contribution in [2.75, 3.05) is 32.5 Å². The summed E-state index contributed by atoms with van der Waals surface area (Å²) < 4.78 is 30.7. The summed E-state index contributed by atoms with van der Waals surface area (Å²) in [5.74, 6) is 0.158. The number of sulfonamides is 1. The Hall–Kier alpha value is -0.0800. The molecule has 1 aliphatic rings. The van der Waals surface area contributed by atoms with Crippen LogP contribution in [0.4, 0.5) is 0 Å². The van der Waals surface area contributed by atoms with Gasteiger partial charge in [0.15, 0.2) is 0 Å². The standard InChI is InChI=1S/C15H22Cl2N2O3S.ClH/c1-23(20,21)19-6-2-3-15-12(10-18-7-8-22-15)11-4-5-13(16)14(17)9-11;/h4-5,9,12,15,18-19H,2-3,6-8,10H2,1H3;1H. The fourth-order valence-corrected chi connectivity index (χ4v) is 3.53. The molecule has 0 aliphatic carbocycles. The zero-order valence-corrected chi connectivity index (χ0v) is 16.6. The van der Waals surface area contributed by atoms with Gasteiger partial charge in [0.25, 0.3) is 0 Å². The van der Waals surface area contributed by atoms with E-state index in [0.717, 1.165) is 37.8 Å². The summed E-state index contributed by atoms with van der Waals surface area (Å²) in [5.41, 5.74) is 1.08. The molecule has 24 heavy (non-hydrogen) atoms. The highest BCUT2D eigenvalue weighted by molar-refractivity contribution is 7.88. The molecule has 2 rings (SSSR count). The van der Waals surface area contributed by atoms with Crippen LogP contribution >= 0.6 is 35.6 Å². The van der Waals surface area contributed by atoms with Crippen molar-refractivity contribution in [3.63, 3.8) is 0 Å². The monoisotopic (exact) mass is 416 g/mol. The molecule has 1 heterocycles. The number of hydrogen-bond donors (Lipinski definition) is 2. The molecule has 0 saturated carbocycles. The fourth-order valence-electron chi connectivity index (χ4n) is 2.71. The Morgan fingerprint density at radius 3 is 2.75 bits per heavy atom. The molecule has 1 aliphatic heterocycles. The van der Waals surface area contributed by atoms with Crippen molar-refractivity contribution in [2.24, 2.45) is 0 Å². The van der Waals surface area contributed by atoms with Gasteiger partial charge in [-0.05, 0) is 30.5 Å². The molecule has 1 saturated heterocycles. The van der Waals surface area contributed by atoms with Gasteiger partial charge in [0.2, 0.25) is 10.0 Å². The van der Waals surface area contributed by atoms with Crippen molar-refractivity contribution in [3.05, 3.63) is 33.8 Å². The molecule has 1 aromatic carbocycles. The van der Waals surface area contributed by atoms with Gasteiger partial charge in [0, 0.05) is 25.6 Å². The average molecular weight is 418 g/mol. The lowest BCUT2D eigenvalue weighted by Gasteiger charge is -2.25. The molecular weight excluding hydrogens is 395 g/mol. The molecule has 0 aromatic heterocycles. The molecule has 0 amide bonds. The number of halogens is 3. The van der Waals surface area contributed by atoms with Gasteiger partial charge in [0.1, 0.15) is 0 Å². The fraction of sp³-hybridized carbons (Fsp3) is 0.600. The lowest BCUT2D eigenvalue weighted by molar-refractivity contribution is 0.0450. The van der Waals surface area contributed by atoms with E-state index in [2.05, 4.69) is 10.0 Å². The third kappa shape index (κ3) is 7.04. The van der Waals surface area contributed by atoms with Crippen LogP contribution in [0.3, 0.4) is 0 Å². The van der Waals surface area contributed by atoms with Crippen LogP contribution in [0.25, 0.3) is 0 Å². The normalized spacial score (nSPS) is 21.8. The summed E-state index contributed by atoms with van der Waals surface area (Å²) in [5, 5.41) is 4.43. The second-order valence-corrected chi connectivity index (χ2v) is 8.35. The summed E-state index contributed by atoms with van der Waals surface area (Å²) in [6, 6.07) is 5.65. The number of benzene rings is 1. The quantitative estimate of drug-likeness (QED) is 0.698. The third-order valence-electron chi connectivity index (χ3n) is 3.83. The second kappa shape index (κ2) is 10.2. The number of nitrogens with one attached hydrogen (secondary N) is 2. The van der Waals surface area contributed by atoms with Gasteiger partial charge >= 0.3 is 0 Å². The topological polar surface area (TPSA) is 67.4 Å². The zero-order valence-electron chi connectivity index (χ0n) is 13.4. The van der Waals surface area contributed by atoms with Crippen LogP contribution in [0.5, 0.6) is 0 Å². The summed E-state index contributed by atoms with van der Waals surface area (Å²) in [4.78, 5) is 0. The lowest BCUT2D eigenvalue weighted by Crippen LogP contribution is -2.29. The van der Waals surface area contributed by atoms with E-state index in [9.17, 15) is 8.42 Å². The average Bonchev–Trinajstić information content (AvgIpc) is 2.71. The van der Waals surface area contributed by atoms with E-state index < -0.39 is 10.0 Å². The van der Waals surface area contributed by atoms with Crippen LogP contribution in [0, 0.1) is 0 Å². The Bertz CT molecular complexity index is 628. The van der Waals surface area contributed by atoms with E-state index in [0.29, 0.717) is 23.2 Å². The molecule has 5 nitrogen and oxygen atoms in total. The molecule has 0 bridgehead atoms. The van der Waals surface area contributed by atoms with Crippen molar-refractivity contribution in [3.8, 4) is 0 Å². The Balaban J connectivity index is 0.00000288. The van der Waals surface area contributed by atoms with Crippen molar-refractivity contribution in [1.82, 2.24) is 10.0 Å². The first-order valence-corrected chi connectivity index (χ1v) is 10.2. The summed E-state index contributed by atoms with van der Waals surface area (Å²) in [7, 11) is -3.15. The van der Waals surface area contributed by atoms with E-state index in [1.807, 2.05) is 12.1 Å². The van der Waals surface area contributed by atoms with Crippen LogP contribution in [0.2, 0.25) is 10.0 Å². The van der Waals surface area contributed by atoms with Gasteiger partial charge in [-0.25, -0.2) is 13.1 Å². The first kappa shape index (κ1) is 22.0. The van der Waals surface area contributed by atoms with Gasteiger partial charge in [0.05, 0.1) is 29.0 Å². The van der Waals surface area contributed by atoms with Crippen molar-refractivity contribution >= 4 is 45.6 Å². The SMILES string of the molecule is CS(=O)(=O)NCCCC1OCCNCC1c1ccc(Cl)c(Cl)c1.Cl. The second-order valence-electron chi connectivity index (χ2n) is 5.70. The molecule has 2 atom stereocenters. The molecule has 2 unspecified atom stereocenters. The number of hydrogen-bond acceptors (Lipinski definition) is 4. The predicted octanol–water partition coefficient (Wildman–Crippen LogP) is 2.82. The smallest absolute Gasteiger partial charge is 0.208 e. The van der Waals surface area contributed by atoms with E-state index >= 15 is 0 Å². The van der Waals surface area contributed by atoms with E-state index in [1.165, 1.54) is 0 Å². The minimum Gasteiger partial charge on any atom is -0.376 e. The molecule has 1 fully saturated rings. The molecular formula is C15H23Cl3N2O3S. The molecule has 2 N–H and O–H groups in total. The maximum absolute atomic E-state index is 11.1. The lowest BCUT2D eigenvalue weighted by atomic mass is 9.90. The highest BCUT2D eigenvalue weighted by Crippen LogP contribution is 2.31. The van der Waals surface area contributed by atoms with Crippen LogP contribution < -0.4 is 10.0 Å². The van der Waals surface area contributed by atoms with E-state index in [-0.39, 0.29) is 24.4 Å². The van der Waals surface area contributed by atoms with E-state index in [4.69, 9.17) is 27.9 Å². The van der Waals surface area contributed by atoms with Crippen LogP contribution in [0.1, 0.15) is 24.3 Å². The Labute approximate surface area is 159 Å². The van der Waals surface area contributed by atoms with Crippen LogP contribution in [0.15, 0.2) is 18.2 Å². The largest absolute Gasteiger partial charge is 0.376 e. The molecule has 1 aromatic rings.